The Morgan fingerprint density at radius 3 is 2.50 bits per heavy atom. The first-order valence-electron chi connectivity index (χ1n) is 2.28. The van der Waals surface area contributed by atoms with Crippen molar-refractivity contribution < 1.29 is 4.39 Å². The number of nitrogens with zero attached hydrogens (tertiary/aromatic N) is 1. The molecule has 0 spiro atoms. The molecule has 5 heteroatoms. The van der Waals surface area contributed by atoms with Crippen molar-refractivity contribution in [3.8, 4) is 0 Å². The summed E-state index contributed by atoms with van der Waals surface area (Å²) >= 11 is 12.8. The third-order valence-electron chi connectivity index (χ3n) is 0.844. The van der Waals surface area contributed by atoms with Crippen LogP contribution in [0.5, 0.6) is 0 Å². The first-order valence-corrected chi connectivity index (χ1v) is 4.12. The molecule has 1 rings (SSSR count). The van der Waals surface area contributed by atoms with E-state index in [1.165, 1.54) is 6.07 Å². The van der Waals surface area contributed by atoms with E-state index in [1.807, 2.05) is 22.6 Å². The van der Waals surface area contributed by atoms with E-state index in [-0.39, 0.29) is 5.02 Å². The molecule has 54 valence electrons. The maximum atomic E-state index is 12.5. The number of halogens is 4. The second kappa shape index (κ2) is 3.19. The van der Waals surface area contributed by atoms with Gasteiger partial charge in [-0.25, -0.2) is 4.98 Å². The summed E-state index contributed by atoms with van der Waals surface area (Å²) in [5, 5.41) is 0.317. The zero-order chi connectivity index (χ0) is 7.72. The number of hydrogen-bond acceptors (Lipinski definition) is 1. The SMILES string of the molecule is Fc1nc(I)c(Cl)cc1Cl. The fourth-order valence-corrected chi connectivity index (χ4v) is 1.15. The third kappa shape index (κ3) is 1.71. The van der Waals surface area contributed by atoms with Gasteiger partial charge < -0.3 is 0 Å². The Labute approximate surface area is 80.7 Å². The molecule has 1 nitrogen and oxygen atoms in total. The van der Waals surface area contributed by atoms with E-state index < -0.39 is 5.95 Å². The molecule has 0 N–H and O–H groups in total. The Hall–Kier alpha value is 0.390. The molecule has 0 fully saturated rings. The van der Waals surface area contributed by atoms with Gasteiger partial charge in [-0.3, -0.25) is 0 Å². The number of rotatable bonds is 0. The normalized spacial score (nSPS) is 10.0. The minimum atomic E-state index is -0.685. The lowest BCUT2D eigenvalue weighted by molar-refractivity contribution is 0.581. The first-order chi connectivity index (χ1) is 4.61. The van der Waals surface area contributed by atoms with E-state index in [0.717, 1.165) is 0 Å². The Morgan fingerprint density at radius 2 is 2.00 bits per heavy atom. The van der Waals surface area contributed by atoms with Gasteiger partial charge in [-0.1, -0.05) is 23.2 Å². The van der Waals surface area contributed by atoms with Gasteiger partial charge in [-0.05, 0) is 28.7 Å². The van der Waals surface area contributed by atoms with Gasteiger partial charge in [0.15, 0.2) is 0 Å². The van der Waals surface area contributed by atoms with Crippen LogP contribution in [-0.4, -0.2) is 4.98 Å². The Kier molecular flexibility index (Phi) is 2.71. The molecule has 1 heterocycles. The Morgan fingerprint density at radius 1 is 1.40 bits per heavy atom. The van der Waals surface area contributed by atoms with E-state index in [0.29, 0.717) is 8.72 Å². The molecule has 0 aliphatic heterocycles. The molecule has 0 aliphatic rings. The highest BCUT2D eigenvalue weighted by molar-refractivity contribution is 14.1. The van der Waals surface area contributed by atoms with Crippen LogP contribution in [-0.2, 0) is 0 Å². The molecule has 0 amide bonds. The predicted molar refractivity (Wildman–Crippen MR) is 46.9 cm³/mol. The monoisotopic (exact) mass is 291 g/mol. The highest BCUT2D eigenvalue weighted by atomic mass is 127. The third-order valence-corrected chi connectivity index (χ3v) is 2.54. The van der Waals surface area contributed by atoms with Crippen molar-refractivity contribution in [2.24, 2.45) is 0 Å². The van der Waals surface area contributed by atoms with E-state index in [1.54, 1.807) is 0 Å². The van der Waals surface area contributed by atoms with E-state index in [9.17, 15) is 4.39 Å². The highest BCUT2D eigenvalue weighted by Crippen LogP contribution is 2.22. The van der Waals surface area contributed by atoms with Crippen LogP contribution >= 0.6 is 45.8 Å². The molecule has 0 aliphatic carbocycles. The summed E-state index contributed by atoms with van der Waals surface area (Å²) in [6.45, 7) is 0. The molecule has 0 saturated carbocycles. The average molecular weight is 292 g/mol. The van der Waals surface area contributed by atoms with Crippen molar-refractivity contribution >= 4 is 45.8 Å². The lowest BCUT2D eigenvalue weighted by atomic mass is 10.5. The Balaban J connectivity index is 3.28. The molecule has 0 aromatic carbocycles. The number of pyridine rings is 1. The van der Waals surface area contributed by atoms with Gasteiger partial charge in [0.2, 0.25) is 5.95 Å². The van der Waals surface area contributed by atoms with Crippen LogP contribution in [0.1, 0.15) is 0 Å². The van der Waals surface area contributed by atoms with Crippen molar-refractivity contribution in [2.45, 2.75) is 0 Å². The number of aromatic nitrogens is 1. The van der Waals surface area contributed by atoms with E-state index >= 15 is 0 Å². The molecule has 1 aromatic rings. The maximum Gasteiger partial charge on any atom is 0.232 e. The van der Waals surface area contributed by atoms with Crippen LogP contribution < -0.4 is 0 Å². The molecular weight excluding hydrogens is 291 g/mol. The van der Waals surface area contributed by atoms with E-state index in [2.05, 4.69) is 4.98 Å². The summed E-state index contributed by atoms with van der Waals surface area (Å²) in [7, 11) is 0. The van der Waals surface area contributed by atoms with Crippen molar-refractivity contribution in [1.82, 2.24) is 4.98 Å². The van der Waals surface area contributed by atoms with Crippen LogP contribution in [0.3, 0.4) is 0 Å². The van der Waals surface area contributed by atoms with E-state index in [4.69, 9.17) is 23.2 Å². The quantitative estimate of drug-likeness (QED) is 0.529. The molecule has 0 atom stereocenters. The fraction of sp³-hybridized carbons (Fsp3) is 0. The Bertz CT molecular complexity index is 216. The summed E-state index contributed by atoms with van der Waals surface area (Å²) in [5.41, 5.74) is 0. The zero-order valence-electron chi connectivity index (χ0n) is 4.54. The number of hydrogen-bond donors (Lipinski definition) is 0. The minimum Gasteiger partial charge on any atom is -0.211 e. The second-order valence-electron chi connectivity index (χ2n) is 1.53. The molecule has 10 heavy (non-hydrogen) atoms. The standard InChI is InChI=1S/C5HCl2FIN/c6-2-1-3(7)5(9)10-4(2)8/h1H. The van der Waals surface area contributed by atoms with Gasteiger partial charge >= 0.3 is 0 Å². The lowest BCUT2D eigenvalue weighted by Crippen LogP contribution is -1.88. The lowest BCUT2D eigenvalue weighted by Gasteiger charge is -1.95. The van der Waals surface area contributed by atoms with Gasteiger partial charge in [0, 0.05) is 0 Å². The smallest absolute Gasteiger partial charge is 0.211 e. The zero-order valence-corrected chi connectivity index (χ0v) is 8.21. The van der Waals surface area contributed by atoms with Crippen LogP contribution in [0.4, 0.5) is 4.39 Å². The van der Waals surface area contributed by atoms with Crippen molar-refractivity contribution in [1.29, 1.82) is 0 Å². The predicted octanol–water partition coefficient (Wildman–Crippen LogP) is 3.13. The maximum absolute atomic E-state index is 12.5. The van der Waals surface area contributed by atoms with Crippen molar-refractivity contribution in [3.05, 3.63) is 25.8 Å². The van der Waals surface area contributed by atoms with Gasteiger partial charge in [0.1, 0.15) is 3.70 Å². The van der Waals surface area contributed by atoms with Crippen LogP contribution in [0, 0.1) is 9.65 Å². The first kappa shape index (κ1) is 8.49. The summed E-state index contributed by atoms with van der Waals surface area (Å²) in [5.74, 6) is -0.685. The van der Waals surface area contributed by atoms with Crippen LogP contribution in [0.2, 0.25) is 10.0 Å². The average Bonchev–Trinajstić information content (AvgIpc) is 1.84. The van der Waals surface area contributed by atoms with Gasteiger partial charge in [0.05, 0.1) is 10.0 Å². The summed E-state index contributed by atoms with van der Waals surface area (Å²) in [6, 6.07) is 1.33. The molecule has 0 unspecified atom stereocenters. The fourth-order valence-electron chi connectivity index (χ4n) is 0.423. The van der Waals surface area contributed by atoms with Crippen molar-refractivity contribution in [3.63, 3.8) is 0 Å². The van der Waals surface area contributed by atoms with Crippen LogP contribution in [0.25, 0.3) is 0 Å². The minimum absolute atomic E-state index is 0.0505. The van der Waals surface area contributed by atoms with Gasteiger partial charge in [0.25, 0.3) is 0 Å². The highest BCUT2D eigenvalue weighted by Gasteiger charge is 2.05. The van der Waals surface area contributed by atoms with Crippen molar-refractivity contribution in [2.75, 3.05) is 0 Å². The molecule has 0 saturated heterocycles. The summed E-state index contributed by atoms with van der Waals surface area (Å²) in [6.07, 6.45) is 0. The summed E-state index contributed by atoms with van der Waals surface area (Å²) < 4.78 is 12.9. The summed E-state index contributed by atoms with van der Waals surface area (Å²) in [4.78, 5) is 3.43. The molecule has 0 bridgehead atoms. The van der Waals surface area contributed by atoms with Gasteiger partial charge in [-0.15, -0.1) is 0 Å². The topological polar surface area (TPSA) is 12.9 Å². The molecule has 0 radical (unpaired) electrons. The molecule has 1 aromatic heterocycles. The molecular formula is C5HCl2FIN. The second-order valence-corrected chi connectivity index (χ2v) is 3.37. The van der Waals surface area contributed by atoms with Crippen LogP contribution in [0.15, 0.2) is 6.07 Å². The largest absolute Gasteiger partial charge is 0.232 e. The van der Waals surface area contributed by atoms with Gasteiger partial charge in [-0.2, -0.15) is 4.39 Å².